The van der Waals surface area contributed by atoms with Crippen LogP contribution in [0, 0.1) is 0 Å². The van der Waals surface area contributed by atoms with Crippen molar-refractivity contribution in [3.63, 3.8) is 0 Å². The Morgan fingerprint density at radius 3 is 2.52 bits per heavy atom. The summed E-state index contributed by atoms with van der Waals surface area (Å²) in [6.45, 7) is 4.61. The lowest BCUT2D eigenvalue weighted by molar-refractivity contribution is 0.228. The van der Waals surface area contributed by atoms with Gasteiger partial charge in [-0.3, -0.25) is 0 Å². The number of methoxy groups -OCH3 is 1. The summed E-state index contributed by atoms with van der Waals surface area (Å²) < 4.78 is 11.3. The topological polar surface area (TPSA) is 30.5 Å². The van der Waals surface area contributed by atoms with E-state index in [0.717, 1.165) is 22.7 Å². The molecule has 0 amide bonds. The SMILES string of the molecule is COc1cccc(CNc2ccccc2Cl)c1OC(C)C. The molecule has 0 heterocycles. The van der Waals surface area contributed by atoms with E-state index in [0.29, 0.717) is 11.6 Å². The summed E-state index contributed by atoms with van der Waals surface area (Å²) in [7, 11) is 1.65. The lowest BCUT2D eigenvalue weighted by atomic mass is 10.1. The highest BCUT2D eigenvalue weighted by Gasteiger charge is 2.12. The van der Waals surface area contributed by atoms with Crippen molar-refractivity contribution >= 4 is 17.3 Å². The summed E-state index contributed by atoms with van der Waals surface area (Å²) >= 11 is 6.15. The first-order chi connectivity index (χ1) is 10.1. The number of anilines is 1. The third kappa shape index (κ3) is 4.05. The van der Waals surface area contributed by atoms with E-state index in [9.17, 15) is 0 Å². The fraction of sp³-hybridized carbons (Fsp3) is 0.294. The molecule has 0 spiro atoms. The predicted octanol–water partition coefficient (Wildman–Crippen LogP) is 4.75. The van der Waals surface area contributed by atoms with Gasteiger partial charge in [0, 0.05) is 12.1 Å². The maximum absolute atomic E-state index is 6.15. The van der Waals surface area contributed by atoms with Gasteiger partial charge < -0.3 is 14.8 Å². The van der Waals surface area contributed by atoms with Crippen LogP contribution >= 0.6 is 11.6 Å². The zero-order valence-corrected chi connectivity index (χ0v) is 13.3. The maximum atomic E-state index is 6.15. The Hall–Kier alpha value is -1.87. The molecule has 112 valence electrons. The quantitative estimate of drug-likeness (QED) is 0.835. The zero-order chi connectivity index (χ0) is 15.2. The van der Waals surface area contributed by atoms with E-state index in [-0.39, 0.29) is 6.10 Å². The van der Waals surface area contributed by atoms with E-state index in [1.54, 1.807) is 7.11 Å². The van der Waals surface area contributed by atoms with Gasteiger partial charge in [-0.05, 0) is 32.0 Å². The molecule has 21 heavy (non-hydrogen) atoms. The Kier molecular flexibility index (Phi) is 5.34. The van der Waals surface area contributed by atoms with Gasteiger partial charge in [-0.1, -0.05) is 35.9 Å². The van der Waals surface area contributed by atoms with Crippen LogP contribution in [0.1, 0.15) is 19.4 Å². The molecule has 4 heteroatoms. The van der Waals surface area contributed by atoms with Gasteiger partial charge in [0.15, 0.2) is 11.5 Å². The van der Waals surface area contributed by atoms with Gasteiger partial charge in [0.1, 0.15) is 0 Å². The number of rotatable bonds is 6. The first-order valence-electron chi connectivity index (χ1n) is 6.92. The van der Waals surface area contributed by atoms with Gasteiger partial charge in [0.05, 0.1) is 23.9 Å². The normalized spacial score (nSPS) is 10.5. The molecule has 0 saturated carbocycles. The standard InChI is InChI=1S/C17H20ClNO2/c1-12(2)21-17-13(7-6-10-16(17)20-3)11-19-15-9-5-4-8-14(15)18/h4-10,12,19H,11H2,1-3H3. The monoisotopic (exact) mass is 305 g/mol. The Morgan fingerprint density at radius 1 is 1.10 bits per heavy atom. The van der Waals surface area contributed by atoms with Gasteiger partial charge in [-0.15, -0.1) is 0 Å². The first-order valence-corrected chi connectivity index (χ1v) is 7.30. The fourth-order valence-electron chi connectivity index (χ4n) is 2.03. The van der Waals surface area contributed by atoms with E-state index >= 15 is 0 Å². The van der Waals surface area contributed by atoms with Gasteiger partial charge in [0.2, 0.25) is 0 Å². The lowest BCUT2D eigenvalue weighted by Gasteiger charge is -2.18. The molecule has 2 rings (SSSR count). The van der Waals surface area contributed by atoms with E-state index in [4.69, 9.17) is 21.1 Å². The first kappa shape index (κ1) is 15.5. The maximum Gasteiger partial charge on any atom is 0.166 e. The van der Waals surface area contributed by atoms with Crippen molar-refractivity contribution in [2.24, 2.45) is 0 Å². The molecule has 2 aromatic rings. The van der Waals surface area contributed by atoms with Crippen LogP contribution in [0.5, 0.6) is 11.5 Å². The Labute approximate surface area is 130 Å². The van der Waals surface area contributed by atoms with E-state index < -0.39 is 0 Å². The molecule has 0 aromatic heterocycles. The van der Waals surface area contributed by atoms with E-state index in [1.165, 1.54) is 0 Å². The number of nitrogens with one attached hydrogen (secondary N) is 1. The predicted molar refractivity (Wildman–Crippen MR) is 87.5 cm³/mol. The molecule has 0 radical (unpaired) electrons. The van der Waals surface area contributed by atoms with Gasteiger partial charge in [-0.2, -0.15) is 0 Å². The number of halogens is 1. The lowest BCUT2D eigenvalue weighted by Crippen LogP contribution is -2.10. The number of hydrogen-bond donors (Lipinski definition) is 1. The van der Waals surface area contributed by atoms with E-state index in [1.807, 2.05) is 56.3 Å². The molecule has 0 aliphatic rings. The minimum Gasteiger partial charge on any atom is -0.493 e. The van der Waals surface area contributed by atoms with Crippen molar-refractivity contribution in [2.75, 3.05) is 12.4 Å². The van der Waals surface area contributed by atoms with Crippen molar-refractivity contribution in [3.8, 4) is 11.5 Å². The van der Waals surface area contributed by atoms with Gasteiger partial charge >= 0.3 is 0 Å². The fourth-order valence-corrected chi connectivity index (χ4v) is 2.23. The van der Waals surface area contributed by atoms with Crippen molar-refractivity contribution in [1.29, 1.82) is 0 Å². The molecular formula is C17H20ClNO2. The summed E-state index contributed by atoms with van der Waals surface area (Å²) in [5.41, 5.74) is 1.93. The van der Waals surface area contributed by atoms with Crippen LogP contribution in [0.15, 0.2) is 42.5 Å². The minimum atomic E-state index is 0.0837. The number of benzene rings is 2. The van der Waals surface area contributed by atoms with Crippen LogP contribution in [0.2, 0.25) is 5.02 Å². The number of hydrogen-bond acceptors (Lipinski definition) is 3. The van der Waals surface area contributed by atoms with Crippen LogP contribution in [0.3, 0.4) is 0 Å². The largest absolute Gasteiger partial charge is 0.493 e. The smallest absolute Gasteiger partial charge is 0.166 e. The highest BCUT2D eigenvalue weighted by molar-refractivity contribution is 6.33. The molecule has 3 nitrogen and oxygen atoms in total. The van der Waals surface area contributed by atoms with Crippen molar-refractivity contribution in [2.45, 2.75) is 26.5 Å². The molecule has 0 aliphatic carbocycles. The zero-order valence-electron chi connectivity index (χ0n) is 12.5. The molecule has 0 saturated heterocycles. The minimum absolute atomic E-state index is 0.0837. The summed E-state index contributed by atoms with van der Waals surface area (Å²) in [5.74, 6) is 1.51. The summed E-state index contributed by atoms with van der Waals surface area (Å²) in [6.07, 6.45) is 0.0837. The van der Waals surface area contributed by atoms with Crippen LogP contribution in [0.25, 0.3) is 0 Å². The second kappa shape index (κ2) is 7.23. The van der Waals surface area contributed by atoms with Crippen LogP contribution < -0.4 is 14.8 Å². The van der Waals surface area contributed by atoms with Gasteiger partial charge in [0.25, 0.3) is 0 Å². The molecule has 0 aliphatic heterocycles. The Balaban J connectivity index is 2.21. The second-order valence-electron chi connectivity index (χ2n) is 4.95. The van der Waals surface area contributed by atoms with Crippen molar-refractivity contribution < 1.29 is 9.47 Å². The third-order valence-electron chi connectivity index (χ3n) is 2.98. The average molecular weight is 306 g/mol. The van der Waals surface area contributed by atoms with Crippen LogP contribution in [-0.4, -0.2) is 13.2 Å². The Bertz CT molecular complexity index is 599. The number of ether oxygens (including phenoxy) is 2. The van der Waals surface area contributed by atoms with Crippen molar-refractivity contribution in [3.05, 3.63) is 53.1 Å². The number of para-hydroxylation sites is 2. The van der Waals surface area contributed by atoms with Crippen LogP contribution in [0.4, 0.5) is 5.69 Å². The third-order valence-corrected chi connectivity index (χ3v) is 3.31. The van der Waals surface area contributed by atoms with E-state index in [2.05, 4.69) is 5.32 Å². The summed E-state index contributed by atoms with van der Waals surface area (Å²) in [6, 6.07) is 13.5. The molecule has 0 unspecified atom stereocenters. The van der Waals surface area contributed by atoms with Gasteiger partial charge in [-0.25, -0.2) is 0 Å². The molecule has 0 fully saturated rings. The second-order valence-corrected chi connectivity index (χ2v) is 5.36. The molecule has 1 N–H and O–H groups in total. The molecule has 0 bridgehead atoms. The Morgan fingerprint density at radius 2 is 1.86 bits per heavy atom. The highest BCUT2D eigenvalue weighted by atomic mass is 35.5. The average Bonchev–Trinajstić information content (AvgIpc) is 2.47. The molecule has 2 aromatic carbocycles. The molecular weight excluding hydrogens is 286 g/mol. The highest BCUT2D eigenvalue weighted by Crippen LogP contribution is 2.33. The van der Waals surface area contributed by atoms with Crippen LogP contribution in [-0.2, 0) is 6.54 Å². The van der Waals surface area contributed by atoms with Crippen molar-refractivity contribution in [1.82, 2.24) is 0 Å². The summed E-state index contributed by atoms with van der Waals surface area (Å²) in [4.78, 5) is 0. The summed E-state index contributed by atoms with van der Waals surface area (Å²) in [5, 5.41) is 4.03. The molecule has 0 atom stereocenters.